The molecule has 0 unspecified atom stereocenters. The molecule has 14 heteroatoms. The van der Waals surface area contributed by atoms with Gasteiger partial charge in [0, 0.05) is 11.1 Å². The van der Waals surface area contributed by atoms with Gasteiger partial charge in [-0.2, -0.15) is 9.78 Å². The molecular weight excluding hydrogens is 460 g/mol. The highest BCUT2D eigenvalue weighted by atomic mass is 16.7. The van der Waals surface area contributed by atoms with Crippen LogP contribution in [0.4, 0.5) is 5.82 Å². The fourth-order valence-corrected chi connectivity index (χ4v) is 3.60. The van der Waals surface area contributed by atoms with E-state index in [1.54, 1.807) is 37.3 Å². The minimum atomic E-state index is -0.612. The van der Waals surface area contributed by atoms with Crippen LogP contribution in [0.1, 0.15) is 23.0 Å². The molecular formula is C21H16N8O6. The van der Waals surface area contributed by atoms with Gasteiger partial charge < -0.3 is 24.7 Å². The zero-order chi connectivity index (χ0) is 23.9. The number of ether oxygens (including phenoxy) is 4. The molecule has 1 amide bonds. The van der Waals surface area contributed by atoms with Crippen LogP contribution in [0.15, 0.2) is 46.1 Å². The zero-order valence-electron chi connectivity index (χ0n) is 18.1. The van der Waals surface area contributed by atoms with E-state index in [1.165, 1.54) is 4.68 Å². The van der Waals surface area contributed by atoms with Gasteiger partial charge in [0.2, 0.25) is 25.2 Å². The second-order valence-electron chi connectivity index (χ2n) is 7.45. The molecule has 6 rings (SSSR count). The van der Waals surface area contributed by atoms with Gasteiger partial charge in [0.1, 0.15) is 5.69 Å². The largest absolute Gasteiger partial charge is 0.454 e. The Morgan fingerprint density at radius 2 is 1.71 bits per heavy atom. The van der Waals surface area contributed by atoms with E-state index in [0.717, 1.165) is 5.56 Å². The van der Waals surface area contributed by atoms with E-state index in [9.17, 15) is 4.79 Å². The lowest BCUT2D eigenvalue weighted by molar-refractivity contribution is 0.0950. The third-order valence-corrected chi connectivity index (χ3v) is 5.34. The average molecular weight is 476 g/mol. The summed E-state index contributed by atoms with van der Waals surface area (Å²) >= 11 is 0. The second kappa shape index (κ2) is 8.02. The SMILES string of the molecule is CC(=NNC(=O)c1nnn(-c2nonc2N)c1-c1ccc2c(c1)OCO2)c1ccc2c(c1)OCO2. The summed E-state index contributed by atoms with van der Waals surface area (Å²) in [4.78, 5) is 13.1. The Morgan fingerprint density at radius 3 is 2.46 bits per heavy atom. The third kappa shape index (κ3) is 3.52. The molecule has 3 N–H and O–H groups in total. The van der Waals surface area contributed by atoms with Crippen molar-refractivity contribution in [3.05, 3.63) is 47.7 Å². The van der Waals surface area contributed by atoms with Crippen molar-refractivity contribution in [3.8, 4) is 40.1 Å². The van der Waals surface area contributed by atoms with Crippen molar-refractivity contribution >= 4 is 17.4 Å². The van der Waals surface area contributed by atoms with E-state index in [0.29, 0.717) is 34.3 Å². The number of amides is 1. The standard InChI is InChI=1S/C21H16N8O6/c1-10(11-2-4-13-15(6-11)33-8-31-13)23-25-21(30)17-18(12-3-5-14-16(7-12)34-9-32-14)29(28-24-17)20-19(22)26-35-27-20/h2-7H,8-9H2,1H3,(H2,22,26)(H,25,30). The summed E-state index contributed by atoms with van der Waals surface area (Å²) in [5.74, 6) is 1.77. The fraction of sp³-hybridized carbons (Fsp3) is 0.143. The first-order valence-electron chi connectivity index (χ1n) is 10.3. The molecule has 0 bridgehead atoms. The van der Waals surface area contributed by atoms with E-state index < -0.39 is 5.91 Å². The van der Waals surface area contributed by atoms with Crippen molar-refractivity contribution in [1.29, 1.82) is 0 Å². The minimum absolute atomic E-state index is 0.0273. The molecule has 0 fully saturated rings. The molecule has 0 aliphatic carbocycles. The second-order valence-corrected chi connectivity index (χ2v) is 7.45. The van der Waals surface area contributed by atoms with Gasteiger partial charge in [-0.05, 0) is 53.6 Å². The number of nitrogens with two attached hydrogens (primary N) is 1. The van der Waals surface area contributed by atoms with Gasteiger partial charge in [0.15, 0.2) is 28.7 Å². The molecule has 2 aliphatic heterocycles. The van der Waals surface area contributed by atoms with Crippen LogP contribution >= 0.6 is 0 Å². The number of hydrogen-bond donors (Lipinski definition) is 2. The van der Waals surface area contributed by atoms with E-state index in [4.69, 9.17) is 29.3 Å². The number of benzene rings is 2. The van der Waals surface area contributed by atoms with E-state index in [2.05, 4.69) is 31.2 Å². The summed E-state index contributed by atoms with van der Waals surface area (Å²) in [7, 11) is 0. The molecule has 0 radical (unpaired) electrons. The van der Waals surface area contributed by atoms with Crippen LogP contribution in [-0.2, 0) is 0 Å². The lowest BCUT2D eigenvalue weighted by Crippen LogP contribution is -2.21. The predicted octanol–water partition coefficient (Wildman–Crippen LogP) is 1.51. The summed E-state index contributed by atoms with van der Waals surface area (Å²) in [6, 6.07) is 10.5. The van der Waals surface area contributed by atoms with Crippen molar-refractivity contribution in [2.45, 2.75) is 6.92 Å². The minimum Gasteiger partial charge on any atom is -0.454 e. The molecule has 176 valence electrons. The molecule has 2 aliphatic rings. The summed E-state index contributed by atoms with van der Waals surface area (Å²) in [6.45, 7) is 2.00. The van der Waals surface area contributed by atoms with Crippen LogP contribution < -0.4 is 30.1 Å². The van der Waals surface area contributed by atoms with Gasteiger partial charge in [0.05, 0.1) is 5.71 Å². The van der Waals surface area contributed by atoms with Crippen LogP contribution in [0.2, 0.25) is 0 Å². The van der Waals surface area contributed by atoms with Gasteiger partial charge in [0.25, 0.3) is 5.91 Å². The average Bonchev–Trinajstić information content (AvgIpc) is 3.67. The van der Waals surface area contributed by atoms with Crippen molar-refractivity contribution in [2.75, 3.05) is 19.3 Å². The van der Waals surface area contributed by atoms with Crippen molar-refractivity contribution in [1.82, 2.24) is 30.7 Å². The monoisotopic (exact) mass is 476 g/mol. The van der Waals surface area contributed by atoms with Crippen molar-refractivity contribution < 1.29 is 28.4 Å². The number of hydrazone groups is 1. The highest BCUT2D eigenvalue weighted by molar-refractivity contribution is 6.02. The molecule has 2 aromatic carbocycles. The number of anilines is 1. The Kier molecular flexibility index (Phi) is 4.69. The number of carbonyl (C=O) groups is 1. The summed E-state index contributed by atoms with van der Waals surface area (Å²) in [5.41, 5.74) is 10.4. The molecule has 0 saturated heterocycles. The molecule has 2 aromatic heterocycles. The maximum absolute atomic E-state index is 13.1. The molecule has 0 saturated carbocycles. The lowest BCUT2D eigenvalue weighted by Gasteiger charge is -2.07. The number of nitrogens with zero attached hydrogens (tertiary/aromatic N) is 6. The number of rotatable bonds is 5. The molecule has 0 spiro atoms. The molecule has 35 heavy (non-hydrogen) atoms. The van der Waals surface area contributed by atoms with Gasteiger partial charge >= 0.3 is 0 Å². The summed E-state index contributed by atoms with van der Waals surface area (Å²) in [5, 5.41) is 19.6. The number of hydrogen-bond acceptors (Lipinski definition) is 12. The Labute approximate surface area is 196 Å². The first kappa shape index (κ1) is 20.5. The van der Waals surface area contributed by atoms with Crippen LogP contribution in [0.25, 0.3) is 17.1 Å². The fourth-order valence-electron chi connectivity index (χ4n) is 3.60. The quantitative estimate of drug-likeness (QED) is 0.315. The number of nitrogens with one attached hydrogen (secondary N) is 1. The Balaban J connectivity index is 1.35. The topological polar surface area (TPSA) is 174 Å². The predicted molar refractivity (Wildman–Crippen MR) is 117 cm³/mol. The van der Waals surface area contributed by atoms with Crippen LogP contribution in [0.3, 0.4) is 0 Å². The first-order chi connectivity index (χ1) is 17.1. The normalized spacial score (nSPS) is 13.8. The van der Waals surface area contributed by atoms with E-state index >= 15 is 0 Å². The third-order valence-electron chi connectivity index (χ3n) is 5.34. The van der Waals surface area contributed by atoms with E-state index in [1.807, 2.05) is 6.07 Å². The Hall–Kier alpha value is -5.14. The van der Waals surface area contributed by atoms with Gasteiger partial charge in [-0.1, -0.05) is 5.21 Å². The zero-order valence-corrected chi connectivity index (χ0v) is 18.1. The van der Waals surface area contributed by atoms with E-state index in [-0.39, 0.29) is 36.6 Å². The lowest BCUT2D eigenvalue weighted by atomic mass is 10.1. The first-order valence-corrected chi connectivity index (χ1v) is 10.3. The highest BCUT2D eigenvalue weighted by Gasteiger charge is 2.27. The maximum Gasteiger partial charge on any atom is 0.294 e. The smallest absolute Gasteiger partial charge is 0.294 e. The summed E-state index contributed by atoms with van der Waals surface area (Å²) in [6.07, 6.45) is 0. The van der Waals surface area contributed by atoms with Crippen LogP contribution in [-0.4, -0.2) is 50.5 Å². The van der Waals surface area contributed by atoms with Crippen LogP contribution in [0, 0.1) is 0 Å². The van der Waals surface area contributed by atoms with Gasteiger partial charge in [-0.25, -0.2) is 10.1 Å². The number of nitrogen functional groups attached to an aromatic ring is 1. The van der Waals surface area contributed by atoms with Crippen molar-refractivity contribution in [3.63, 3.8) is 0 Å². The molecule has 4 heterocycles. The molecule has 14 nitrogen and oxygen atoms in total. The van der Waals surface area contributed by atoms with Crippen LogP contribution in [0.5, 0.6) is 23.0 Å². The number of carbonyl (C=O) groups excluding carboxylic acids is 1. The molecule has 0 atom stereocenters. The number of fused-ring (bicyclic) bond motifs is 2. The number of aromatic nitrogens is 5. The highest BCUT2D eigenvalue weighted by Crippen LogP contribution is 2.37. The Bertz CT molecular complexity index is 1490. The van der Waals surface area contributed by atoms with Gasteiger partial charge in [-0.15, -0.1) is 5.10 Å². The maximum atomic E-state index is 13.1. The Morgan fingerprint density at radius 1 is 1.00 bits per heavy atom. The van der Waals surface area contributed by atoms with Crippen molar-refractivity contribution in [2.24, 2.45) is 5.10 Å². The molecule has 4 aromatic rings. The summed E-state index contributed by atoms with van der Waals surface area (Å²) < 4.78 is 27.5. The van der Waals surface area contributed by atoms with Gasteiger partial charge in [-0.3, -0.25) is 4.79 Å².